The maximum absolute atomic E-state index is 9.88. The minimum atomic E-state index is 0.369. The number of aliphatic hydroxyl groups excluding tert-OH is 1. The second kappa shape index (κ2) is 5.95. The highest BCUT2D eigenvalue weighted by Gasteiger charge is 2.59. The maximum atomic E-state index is 9.88. The summed E-state index contributed by atoms with van der Waals surface area (Å²) in [6.45, 7) is 7.49. The van der Waals surface area contributed by atoms with Gasteiger partial charge in [-0.05, 0) is 50.3 Å². The van der Waals surface area contributed by atoms with Gasteiger partial charge in [0.2, 0.25) is 0 Å². The fraction of sp³-hybridized carbons (Fsp3) is 0.684. The van der Waals surface area contributed by atoms with Crippen molar-refractivity contribution < 1.29 is 5.11 Å². The molecule has 0 unspecified atom stereocenters. The van der Waals surface area contributed by atoms with Crippen LogP contribution >= 0.6 is 0 Å². The largest absolute Gasteiger partial charge is 0.396 e. The smallest absolute Gasteiger partial charge is 0.0477 e. The monoisotopic (exact) mass is 300 g/mol. The van der Waals surface area contributed by atoms with Crippen molar-refractivity contribution in [2.45, 2.75) is 38.4 Å². The van der Waals surface area contributed by atoms with Crippen LogP contribution in [-0.4, -0.2) is 53.2 Å². The highest BCUT2D eigenvalue weighted by atomic mass is 16.3. The molecule has 3 heteroatoms. The number of rotatable bonds is 4. The molecule has 1 N–H and O–H groups in total. The number of likely N-dealkylation sites (tertiary alicyclic amines) is 2. The van der Waals surface area contributed by atoms with Crippen molar-refractivity contribution in [1.29, 1.82) is 0 Å². The lowest BCUT2D eigenvalue weighted by Crippen LogP contribution is -2.61. The number of aliphatic hydroxyl groups is 1. The molecule has 0 amide bonds. The summed E-state index contributed by atoms with van der Waals surface area (Å²) in [5.41, 5.74) is 1.41. The number of benzene rings is 1. The summed E-state index contributed by atoms with van der Waals surface area (Å²) in [7, 11) is 0. The van der Waals surface area contributed by atoms with Gasteiger partial charge >= 0.3 is 0 Å². The molecule has 3 nitrogen and oxygen atoms in total. The first-order chi connectivity index (χ1) is 10.8. The summed E-state index contributed by atoms with van der Waals surface area (Å²) in [5, 5.41) is 9.88. The summed E-state index contributed by atoms with van der Waals surface area (Å²) < 4.78 is 0. The fourth-order valence-corrected chi connectivity index (χ4v) is 5.34. The first kappa shape index (κ1) is 14.7. The second-order valence-corrected chi connectivity index (χ2v) is 7.48. The van der Waals surface area contributed by atoms with Crippen molar-refractivity contribution in [3.63, 3.8) is 0 Å². The Morgan fingerprint density at radius 1 is 1.14 bits per heavy atom. The van der Waals surface area contributed by atoms with Gasteiger partial charge in [0.1, 0.15) is 0 Å². The first-order valence-corrected chi connectivity index (χ1v) is 8.92. The lowest BCUT2D eigenvalue weighted by atomic mass is 9.60. The molecule has 120 valence electrons. The zero-order chi connectivity index (χ0) is 15.1. The Hall–Kier alpha value is -0.900. The SMILES string of the molecule is C[C@@H]1[C@@H]2[C@H](CN1Cc1ccccc1)[C@H](CO)[C@H]2N1CCCC1. The average Bonchev–Trinajstić information content (AvgIpc) is 3.12. The molecule has 2 aliphatic heterocycles. The van der Waals surface area contributed by atoms with Gasteiger partial charge in [0.05, 0.1) is 0 Å². The van der Waals surface area contributed by atoms with Crippen LogP contribution in [-0.2, 0) is 6.54 Å². The molecule has 3 fully saturated rings. The molecule has 0 radical (unpaired) electrons. The average molecular weight is 300 g/mol. The minimum Gasteiger partial charge on any atom is -0.396 e. The molecule has 1 aromatic carbocycles. The third kappa shape index (κ3) is 2.31. The molecule has 5 atom stereocenters. The Morgan fingerprint density at radius 3 is 2.55 bits per heavy atom. The molecule has 1 aliphatic carbocycles. The van der Waals surface area contributed by atoms with Gasteiger partial charge < -0.3 is 5.11 Å². The van der Waals surface area contributed by atoms with Crippen LogP contribution in [0.15, 0.2) is 30.3 Å². The van der Waals surface area contributed by atoms with Crippen LogP contribution in [0.2, 0.25) is 0 Å². The van der Waals surface area contributed by atoms with Gasteiger partial charge in [0.15, 0.2) is 0 Å². The summed E-state index contributed by atoms with van der Waals surface area (Å²) in [6.07, 6.45) is 2.68. The van der Waals surface area contributed by atoms with Gasteiger partial charge in [-0.3, -0.25) is 9.80 Å². The highest BCUT2D eigenvalue weighted by Crippen LogP contribution is 2.52. The molecule has 4 rings (SSSR count). The summed E-state index contributed by atoms with van der Waals surface area (Å²) >= 11 is 0. The van der Waals surface area contributed by atoms with Crippen LogP contribution in [0.3, 0.4) is 0 Å². The lowest BCUT2D eigenvalue weighted by Gasteiger charge is -2.53. The van der Waals surface area contributed by atoms with E-state index in [0.29, 0.717) is 30.5 Å². The van der Waals surface area contributed by atoms with E-state index in [-0.39, 0.29) is 0 Å². The van der Waals surface area contributed by atoms with Gasteiger partial charge in [-0.2, -0.15) is 0 Å². The van der Waals surface area contributed by atoms with Gasteiger partial charge in [-0.15, -0.1) is 0 Å². The Bertz CT molecular complexity index is 499. The van der Waals surface area contributed by atoms with Crippen LogP contribution in [0.25, 0.3) is 0 Å². The summed E-state index contributed by atoms with van der Waals surface area (Å²) in [6, 6.07) is 12.1. The topological polar surface area (TPSA) is 26.7 Å². The number of fused-ring (bicyclic) bond motifs is 1. The molecule has 1 aromatic rings. The van der Waals surface area contributed by atoms with Gasteiger partial charge in [0, 0.05) is 37.7 Å². The van der Waals surface area contributed by atoms with E-state index in [9.17, 15) is 5.11 Å². The highest BCUT2D eigenvalue weighted by molar-refractivity contribution is 5.17. The predicted octanol–water partition coefficient (Wildman–Crippen LogP) is 2.21. The standard InChI is InChI=1S/C19H28N2O/c1-14-18-16(12-21(14)11-15-7-3-2-4-8-15)17(13-22)19(18)20-9-5-6-10-20/h2-4,7-8,14,16-19,22H,5-6,9-13H2,1H3/t14-,16-,17+,18-,19-/m1/s1. The molecule has 0 spiro atoms. The Morgan fingerprint density at radius 2 is 1.86 bits per heavy atom. The zero-order valence-corrected chi connectivity index (χ0v) is 13.6. The van der Waals surface area contributed by atoms with Gasteiger partial charge in [-0.1, -0.05) is 30.3 Å². The number of hydrogen-bond acceptors (Lipinski definition) is 3. The zero-order valence-electron chi connectivity index (χ0n) is 13.6. The Labute approximate surface area is 133 Å². The lowest BCUT2D eigenvalue weighted by molar-refractivity contribution is -0.0631. The van der Waals surface area contributed by atoms with Crippen LogP contribution in [0.5, 0.6) is 0 Å². The van der Waals surface area contributed by atoms with Crippen molar-refractivity contribution in [2.24, 2.45) is 17.8 Å². The molecule has 22 heavy (non-hydrogen) atoms. The van der Waals surface area contributed by atoms with E-state index in [4.69, 9.17) is 0 Å². The molecule has 2 heterocycles. The number of nitrogens with zero attached hydrogens (tertiary/aromatic N) is 2. The van der Waals surface area contributed by atoms with E-state index in [2.05, 4.69) is 47.1 Å². The summed E-state index contributed by atoms with van der Waals surface area (Å²) in [5.74, 6) is 1.97. The van der Waals surface area contributed by atoms with E-state index < -0.39 is 0 Å². The van der Waals surface area contributed by atoms with Crippen molar-refractivity contribution in [1.82, 2.24) is 9.80 Å². The molecular formula is C19H28N2O. The quantitative estimate of drug-likeness (QED) is 0.923. The van der Waals surface area contributed by atoms with E-state index >= 15 is 0 Å². The van der Waals surface area contributed by atoms with Crippen molar-refractivity contribution in [3.05, 3.63) is 35.9 Å². The van der Waals surface area contributed by atoms with Gasteiger partial charge in [0.25, 0.3) is 0 Å². The van der Waals surface area contributed by atoms with Crippen LogP contribution in [0.1, 0.15) is 25.3 Å². The molecule has 0 aromatic heterocycles. The normalized spacial score (nSPS) is 38.9. The number of hydrogen-bond donors (Lipinski definition) is 1. The van der Waals surface area contributed by atoms with E-state index in [1.54, 1.807) is 0 Å². The van der Waals surface area contributed by atoms with Crippen molar-refractivity contribution in [3.8, 4) is 0 Å². The first-order valence-electron chi connectivity index (χ1n) is 8.92. The molecule has 3 aliphatic rings. The van der Waals surface area contributed by atoms with E-state index in [0.717, 1.165) is 19.0 Å². The van der Waals surface area contributed by atoms with Gasteiger partial charge in [-0.25, -0.2) is 0 Å². The second-order valence-electron chi connectivity index (χ2n) is 7.48. The van der Waals surface area contributed by atoms with Crippen molar-refractivity contribution in [2.75, 3.05) is 26.2 Å². The Kier molecular flexibility index (Phi) is 3.97. The van der Waals surface area contributed by atoms with E-state index in [1.807, 2.05) is 0 Å². The molecule has 0 bridgehead atoms. The molecular weight excluding hydrogens is 272 g/mol. The fourth-order valence-electron chi connectivity index (χ4n) is 5.34. The molecule has 1 saturated carbocycles. The third-order valence-electron chi connectivity index (χ3n) is 6.46. The third-order valence-corrected chi connectivity index (χ3v) is 6.46. The van der Waals surface area contributed by atoms with Crippen LogP contribution < -0.4 is 0 Å². The van der Waals surface area contributed by atoms with E-state index in [1.165, 1.54) is 31.5 Å². The minimum absolute atomic E-state index is 0.369. The molecule has 2 saturated heterocycles. The Balaban J connectivity index is 1.48. The van der Waals surface area contributed by atoms with Crippen LogP contribution in [0, 0.1) is 17.8 Å². The predicted molar refractivity (Wildman–Crippen MR) is 88.5 cm³/mol. The summed E-state index contributed by atoms with van der Waals surface area (Å²) in [4.78, 5) is 5.31. The maximum Gasteiger partial charge on any atom is 0.0477 e. The van der Waals surface area contributed by atoms with Crippen molar-refractivity contribution >= 4 is 0 Å². The van der Waals surface area contributed by atoms with Crippen LogP contribution in [0.4, 0.5) is 0 Å².